The lowest BCUT2D eigenvalue weighted by Crippen LogP contribution is -3.10. The largest absolute Gasteiger partial charge is 0.726 e. The van der Waals surface area contributed by atoms with E-state index in [2.05, 4.69) is 25.1 Å². The van der Waals surface area contributed by atoms with Crippen LogP contribution in [0.15, 0.2) is 0 Å². The molecule has 0 aliphatic rings. The summed E-state index contributed by atoms with van der Waals surface area (Å²) in [5.74, 6) is 0.638. The van der Waals surface area contributed by atoms with Gasteiger partial charge in [-0.25, -0.2) is 28.0 Å². The Hall–Kier alpha value is -0.330. The van der Waals surface area contributed by atoms with E-state index in [1.165, 1.54) is 198 Å². The number of nitrogens with one attached hydrogen (secondary N) is 1. The van der Waals surface area contributed by atoms with E-state index in [0.29, 0.717) is 25.7 Å². The Morgan fingerprint density at radius 2 is 0.769 bits per heavy atom. The van der Waals surface area contributed by atoms with Gasteiger partial charge >= 0.3 is 0 Å². The van der Waals surface area contributed by atoms with Crippen molar-refractivity contribution in [1.82, 2.24) is 0 Å². The van der Waals surface area contributed by atoms with Crippen molar-refractivity contribution >= 4 is 10.4 Å². The Morgan fingerprint density at radius 3 is 1.06 bits per heavy atom. The predicted octanol–water partition coefficient (Wildman–Crippen LogP) is 10.9. The quantitative estimate of drug-likeness (QED) is 0.0215. The maximum Gasteiger partial charge on any atom is 0.217 e. The van der Waals surface area contributed by atoms with Gasteiger partial charge in [0.05, 0.1) is 27.4 Å². The minimum absolute atomic E-state index is 0.593. The number of hydrogen-bond donors (Lipinski definition) is 1. The van der Waals surface area contributed by atoms with Crippen LogP contribution in [0.1, 0.15) is 213 Å². The van der Waals surface area contributed by atoms with Gasteiger partial charge in [-0.2, -0.15) is 0 Å². The third-order valence-corrected chi connectivity index (χ3v) is 10.4. The van der Waals surface area contributed by atoms with Crippen LogP contribution in [-0.2, 0) is 34.1 Å². The summed E-state index contributed by atoms with van der Waals surface area (Å²) in [7, 11) is -1.44. The van der Waals surface area contributed by atoms with Crippen molar-refractivity contribution in [1.29, 1.82) is 0 Å². The van der Waals surface area contributed by atoms with Gasteiger partial charge < -0.3 is 9.45 Å². The molecule has 9 nitrogen and oxygen atoms in total. The summed E-state index contributed by atoms with van der Waals surface area (Å²) in [5, 5.41) is 0. The molecule has 0 amide bonds. The molecule has 0 aliphatic heterocycles. The lowest BCUT2D eigenvalue weighted by atomic mass is 9.94. The molecule has 0 fully saturated rings. The highest BCUT2D eigenvalue weighted by Crippen LogP contribution is 2.21. The number of unbranched alkanes of at least 4 members (excludes halogenated alkanes) is 26. The fourth-order valence-corrected chi connectivity index (χ4v) is 6.47. The van der Waals surface area contributed by atoms with Gasteiger partial charge in [-0.1, -0.05) is 194 Å². The lowest BCUT2D eigenvalue weighted by molar-refractivity contribution is -0.882. The molecule has 0 aromatic rings. The summed E-state index contributed by atoms with van der Waals surface area (Å²) in [6.07, 6.45) is 42.4. The lowest BCUT2D eigenvalue weighted by Gasteiger charge is -2.17. The van der Waals surface area contributed by atoms with Crippen LogP contribution in [-0.4, -0.2) is 66.6 Å². The van der Waals surface area contributed by atoms with Gasteiger partial charge in [0.15, 0.2) is 0 Å². The maximum atomic E-state index is 9.22. The zero-order valence-electron chi connectivity index (χ0n) is 35.2. The Morgan fingerprint density at radius 1 is 0.481 bits per heavy atom. The Bertz CT molecular complexity index is 726. The van der Waals surface area contributed by atoms with Crippen molar-refractivity contribution in [2.45, 2.75) is 213 Å². The van der Waals surface area contributed by atoms with E-state index in [9.17, 15) is 13.0 Å². The van der Waals surface area contributed by atoms with Crippen LogP contribution in [0.2, 0.25) is 0 Å². The first-order valence-electron chi connectivity index (χ1n) is 22.1. The van der Waals surface area contributed by atoms with Crippen molar-refractivity contribution in [3.63, 3.8) is 0 Å². The molecule has 10 heteroatoms. The number of quaternary nitrogens is 1. The molecule has 0 heterocycles. The van der Waals surface area contributed by atoms with Gasteiger partial charge in [0.1, 0.15) is 26.3 Å². The summed E-state index contributed by atoms with van der Waals surface area (Å²) in [6.45, 7) is 11.0. The molecule has 0 saturated heterocycles. The van der Waals surface area contributed by atoms with Gasteiger partial charge in [-0.3, -0.25) is 4.18 Å². The number of likely N-dealkylation sites (N-methyl/N-ethyl adjacent to an activating group) is 1. The number of rotatable bonds is 42. The third kappa shape index (κ3) is 49.7. The van der Waals surface area contributed by atoms with E-state index in [0.717, 1.165) is 26.8 Å². The monoisotopic (exact) mass is 768 g/mol. The van der Waals surface area contributed by atoms with E-state index in [4.69, 9.17) is 19.6 Å². The van der Waals surface area contributed by atoms with Crippen molar-refractivity contribution < 1.29 is 41.6 Å². The van der Waals surface area contributed by atoms with Crippen molar-refractivity contribution in [2.75, 3.05) is 53.7 Å². The second-order valence-electron chi connectivity index (χ2n) is 15.0. The molecule has 0 aromatic carbocycles. The van der Waals surface area contributed by atoms with Crippen LogP contribution in [0.25, 0.3) is 0 Å². The highest BCUT2D eigenvalue weighted by molar-refractivity contribution is 7.80. The molecule has 0 aliphatic carbocycles. The summed E-state index contributed by atoms with van der Waals surface area (Å²) in [6, 6.07) is 0. The molecule has 0 spiro atoms. The summed E-state index contributed by atoms with van der Waals surface area (Å²) in [5.41, 5.74) is 0. The molecule has 0 radical (unpaired) electrons. The Balaban J connectivity index is 0. The summed E-state index contributed by atoms with van der Waals surface area (Å²) >= 11 is 0. The van der Waals surface area contributed by atoms with E-state index in [-0.39, 0.29) is 0 Å². The molecular weight excluding hydrogens is 679 g/mol. The van der Waals surface area contributed by atoms with Crippen LogP contribution in [0.5, 0.6) is 0 Å². The van der Waals surface area contributed by atoms with Crippen LogP contribution >= 0.6 is 0 Å². The minimum Gasteiger partial charge on any atom is -0.726 e. The molecule has 1 unspecified atom stereocenters. The average molecular weight is 768 g/mol. The van der Waals surface area contributed by atoms with Crippen molar-refractivity contribution in [3.8, 4) is 0 Å². The van der Waals surface area contributed by atoms with E-state index in [1.54, 1.807) is 0 Å². The SMILES string of the molecule is CCCCCCCCCCCCCCCCC(CCCCCCCCCCCCCCCC)COOCC[NH+](C)CCOOCC.COS(=O)(=O)[O-]. The average Bonchev–Trinajstić information content (AvgIpc) is 3.13. The van der Waals surface area contributed by atoms with Crippen LogP contribution in [0.3, 0.4) is 0 Å². The van der Waals surface area contributed by atoms with Gasteiger partial charge in [0.2, 0.25) is 10.4 Å². The predicted molar refractivity (Wildman–Crippen MR) is 216 cm³/mol. The fourth-order valence-electron chi connectivity index (χ4n) is 6.47. The van der Waals surface area contributed by atoms with Gasteiger partial charge in [0.25, 0.3) is 0 Å². The Labute approximate surface area is 324 Å². The zero-order chi connectivity index (χ0) is 38.6. The first-order valence-corrected chi connectivity index (χ1v) is 23.4. The first-order chi connectivity index (χ1) is 25.3. The molecule has 1 atom stereocenters. The maximum absolute atomic E-state index is 9.22. The van der Waals surface area contributed by atoms with E-state index >= 15 is 0 Å². The molecule has 0 aromatic heterocycles. The fraction of sp³-hybridized carbons (Fsp3) is 1.00. The van der Waals surface area contributed by atoms with Gasteiger partial charge in [-0.15, -0.1) is 0 Å². The molecular formula is C42H89NO8S. The number of hydrogen-bond acceptors (Lipinski definition) is 8. The van der Waals surface area contributed by atoms with Crippen LogP contribution in [0, 0.1) is 5.92 Å². The Kier molecular flexibility index (Phi) is 46.6. The van der Waals surface area contributed by atoms with Crippen LogP contribution < -0.4 is 4.90 Å². The van der Waals surface area contributed by atoms with E-state index < -0.39 is 10.4 Å². The van der Waals surface area contributed by atoms with Crippen molar-refractivity contribution in [3.05, 3.63) is 0 Å². The molecule has 0 rings (SSSR count). The zero-order valence-corrected chi connectivity index (χ0v) is 36.0. The van der Waals surface area contributed by atoms with Crippen molar-refractivity contribution in [2.24, 2.45) is 5.92 Å². The molecule has 316 valence electrons. The van der Waals surface area contributed by atoms with Crippen LogP contribution in [0.4, 0.5) is 0 Å². The highest BCUT2D eigenvalue weighted by atomic mass is 32.3. The topological polar surface area (TPSA) is 108 Å². The second kappa shape index (κ2) is 45.1. The minimum atomic E-state index is -4.41. The summed E-state index contributed by atoms with van der Waals surface area (Å²) < 4.78 is 31.0. The van der Waals surface area contributed by atoms with Gasteiger partial charge in [0, 0.05) is 0 Å². The van der Waals surface area contributed by atoms with E-state index in [1.807, 2.05) is 6.92 Å². The third-order valence-electron chi connectivity index (χ3n) is 9.95. The highest BCUT2D eigenvalue weighted by Gasteiger charge is 2.11. The smallest absolute Gasteiger partial charge is 0.217 e. The standard InChI is InChI=1S/C41H85NO4.CH4O4S/c1-5-8-10-12-14-16-18-20-22-24-26-28-30-32-34-41(40-46-45-39-37-42(4)36-38-44-43-7-3)35-33-31-29-27-25-23-21-19-17-15-13-11-9-6-2;1-5-6(2,3)4/h41H,5-40H2,1-4H3;1H3,(H,2,3,4). The first kappa shape index (κ1) is 53.8. The molecule has 0 saturated carbocycles. The summed E-state index contributed by atoms with van der Waals surface area (Å²) in [4.78, 5) is 22.8. The normalized spacial score (nSPS) is 12.4. The molecule has 0 bridgehead atoms. The van der Waals surface area contributed by atoms with Gasteiger partial charge in [-0.05, 0) is 25.7 Å². The molecule has 1 N–H and O–H groups in total. The molecule has 52 heavy (non-hydrogen) atoms. The second-order valence-corrected chi connectivity index (χ2v) is 16.2.